The number of amides is 2. The first kappa shape index (κ1) is 20.5. The zero-order chi connectivity index (χ0) is 19.8. The van der Waals surface area contributed by atoms with Crippen molar-refractivity contribution in [3.8, 4) is 0 Å². The third-order valence-corrected chi connectivity index (χ3v) is 4.57. The number of nitrogens with one attached hydrogen (secondary N) is 3. The first-order valence-electron chi connectivity index (χ1n) is 9.33. The number of rotatable bonds is 8. The molecule has 0 aliphatic carbocycles. The molecule has 0 bridgehead atoms. The number of benzene rings is 2. The van der Waals surface area contributed by atoms with Crippen LogP contribution in [0.5, 0.6) is 0 Å². The Balaban J connectivity index is 1.94. The summed E-state index contributed by atoms with van der Waals surface area (Å²) < 4.78 is 0. The van der Waals surface area contributed by atoms with E-state index in [4.69, 9.17) is 0 Å². The van der Waals surface area contributed by atoms with Crippen LogP contribution in [0.15, 0.2) is 48.5 Å². The molecular weight excluding hydrogens is 338 g/mol. The van der Waals surface area contributed by atoms with Gasteiger partial charge in [0.2, 0.25) is 5.91 Å². The van der Waals surface area contributed by atoms with Gasteiger partial charge in [-0.3, -0.25) is 9.59 Å². The minimum atomic E-state index is -0.172. The number of anilines is 1. The second-order valence-electron chi connectivity index (χ2n) is 7.17. The zero-order valence-electron chi connectivity index (χ0n) is 16.5. The van der Waals surface area contributed by atoms with Crippen molar-refractivity contribution in [2.75, 3.05) is 11.9 Å². The molecule has 0 saturated heterocycles. The largest absolute Gasteiger partial charge is 0.376 e. The van der Waals surface area contributed by atoms with Crippen LogP contribution < -0.4 is 16.0 Å². The molecule has 0 heterocycles. The van der Waals surface area contributed by atoms with Gasteiger partial charge in [0.25, 0.3) is 5.91 Å². The van der Waals surface area contributed by atoms with Gasteiger partial charge >= 0.3 is 0 Å². The lowest BCUT2D eigenvalue weighted by Crippen LogP contribution is -2.39. The number of aryl methyl sites for hydroxylation is 1. The van der Waals surface area contributed by atoms with Crippen molar-refractivity contribution in [3.63, 3.8) is 0 Å². The van der Waals surface area contributed by atoms with Crippen molar-refractivity contribution in [1.29, 1.82) is 0 Å². The minimum absolute atomic E-state index is 0.0916. The minimum Gasteiger partial charge on any atom is -0.376 e. The molecule has 1 unspecified atom stereocenters. The Morgan fingerprint density at radius 2 is 1.63 bits per heavy atom. The van der Waals surface area contributed by atoms with Gasteiger partial charge in [-0.1, -0.05) is 55.8 Å². The van der Waals surface area contributed by atoms with E-state index in [1.807, 2.05) is 50.2 Å². The summed E-state index contributed by atoms with van der Waals surface area (Å²) >= 11 is 0. The summed E-state index contributed by atoms with van der Waals surface area (Å²) in [6, 6.07) is 15.4. The molecule has 2 rings (SSSR count). The van der Waals surface area contributed by atoms with Crippen molar-refractivity contribution < 1.29 is 9.59 Å². The highest BCUT2D eigenvalue weighted by Gasteiger charge is 2.13. The number of hydrogen-bond acceptors (Lipinski definition) is 3. The normalized spacial score (nSPS) is 11.7. The summed E-state index contributed by atoms with van der Waals surface area (Å²) in [5.74, 6) is 0.106. The number of carbonyl (C=O) groups is 2. The molecule has 144 valence electrons. The Morgan fingerprint density at radius 1 is 0.963 bits per heavy atom. The van der Waals surface area contributed by atoms with E-state index < -0.39 is 0 Å². The van der Waals surface area contributed by atoms with Gasteiger partial charge in [-0.2, -0.15) is 0 Å². The average Bonchev–Trinajstić information content (AvgIpc) is 2.65. The Labute approximate surface area is 161 Å². The van der Waals surface area contributed by atoms with Gasteiger partial charge in [0, 0.05) is 18.3 Å². The maximum atomic E-state index is 12.6. The molecule has 2 aromatic carbocycles. The molecule has 2 amide bonds. The van der Waals surface area contributed by atoms with E-state index in [0.29, 0.717) is 23.7 Å². The van der Waals surface area contributed by atoms with E-state index in [1.54, 1.807) is 12.1 Å². The van der Waals surface area contributed by atoms with Crippen molar-refractivity contribution in [2.45, 2.75) is 40.3 Å². The molecule has 0 fully saturated rings. The average molecular weight is 367 g/mol. The van der Waals surface area contributed by atoms with E-state index in [1.165, 1.54) is 5.56 Å². The van der Waals surface area contributed by atoms with Crippen molar-refractivity contribution >= 4 is 17.5 Å². The number of hydrogen-bond donors (Lipinski definition) is 3. The van der Waals surface area contributed by atoms with Crippen molar-refractivity contribution in [3.05, 3.63) is 65.2 Å². The predicted octanol–water partition coefficient (Wildman–Crippen LogP) is 3.50. The summed E-state index contributed by atoms with van der Waals surface area (Å²) in [6.45, 7) is 8.72. The van der Waals surface area contributed by atoms with Crippen molar-refractivity contribution in [1.82, 2.24) is 10.6 Å². The predicted molar refractivity (Wildman–Crippen MR) is 110 cm³/mol. The highest BCUT2D eigenvalue weighted by molar-refractivity contribution is 6.00. The fourth-order valence-electron chi connectivity index (χ4n) is 2.47. The van der Waals surface area contributed by atoms with Gasteiger partial charge in [-0.05, 0) is 37.5 Å². The van der Waals surface area contributed by atoms with Gasteiger partial charge in [-0.25, -0.2) is 0 Å². The standard InChI is InChI=1S/C22H29N3O2/c1-15(2)17(4)25-21(26)14-23-20-8-6-5-7-19(20)22(27)24-13-18-11-9-16(3)10-12-18/h5-12,15,17,23H,13-14H2,1-4H3,(H,24,27)(H,25,26). The van der Waals surface area contributed by atoms with E-state index in [-0.39, 0.29) is 24.4 Å². The van der Waals surface area contributed by atoms with Crippen LogP contribution in [0, 0.1) is 12.8 Å². The first-order chi connectivity index (χ1) is 12.9. The molecular formula is C22H29N3O2. The molecule has 1 atom stereocenters. The quantitative estimate of drug-likeness (QED) is 0.669. The second kappa shape index (κ2) is 9.76. The lowest BCUT2D eigenvalue weighted by Gasteiger charge is -2.18. The van der Waals surface area contributed by atoms with Gasteiger partial charge in [0.15, 0.2) is 0 Å². The third-order valence-electron chi connectivity index (χ3n) is 4.57. The van der Waals surface area contributed by atoms with E-state index in [9.17, 15) is 9.59 Å². The molecule has 0 spiro atoms. The van der Waals surface area contributed by atoms with Crippen LogP contribution in [0.3, 0.4) is 0 Å². The summed E-state index contributed by atoms with van der Waals surface area (Å²) in [7, 11) is 0. The SMILES string of the molecule is Cc1ccc(CNC(=O)c2ccccc2NCC(=O)NC(C)C(C)C)cc1. The lowest BCUT2D eigenvalue weighted by atomic mass is 10.1. The molecule has 5 nitrogen and oxygen atoms in total. The Bertz CT molecular complexity index is 769. The number of carbonyl (C=O) groups excluding carboxylic acids is 2. The van der Waals surface area contributed by atoms with Gasteiger partial charge in [0.1, 0.15) is 0 Å². The van der Waals surface area contributed by atoms with Gasteiger partial charge in [0.05, 0.1) is 12.1 Å². The van der Waals surface area contributed by atoms with Crippen LogP contribution in [0.2, 0.25) is 0 Å². The Morgan fingerprint density at radius 3 is 2.30 bits per heavy atom. The monoisotopic (exact) mass is 367 g/mol. The van der Waals surface area contributed by atoms with Crippen LogP contribution in [0.4, 0.5) is 5.69 Å². The maximum absolute atomic E-state index is 12.6. The third kappa shape index (κ3) is 6.44. The first-order valence-corrected chi connectivity index (χ1v) is 9.33. The smallest absolute Gasteiger partial charge is 0.253 e. The summed E-state index contributed by atoms with van der Waals surface area (Å²) in [4.78, 5) is 24.6. The van der Waals surface area contributed by atoms with E-state index >= 15 is 0 Å². The number of para-hydroxylation sites is 1. The Hall–Kier alpha value is -2.82. The fourth-order valence-corrected chi connectivity index (χ4v) is 2.47. The van der Waals surface area contributed by atoms with Gasteiger partial charge < -0.3 is 16.0 Å². The lowest BCUT2D eigenvalue weighted by molar-refractivity contribution is -0.120. The molecule has 2 aromatic rings. The van der Waals surface area contributed by atoms with Crippen LogP contribution in [0.1, 0.15) is 42.3 Å². The highest BCUT2D eigenvalue weighted by atomic mass is 16.2. The van der Waals surface area contributed by atoms with Gasteiger partial charge in [-0.15, -0.1) is 0 Å². The second-order valence-corrected chi connectivity index (χ2v) is 7.17. The molecule has 0 radical (unpaired) electrons. The van der Waals surface area contributed by atoms with E-state index in [2.05, 4.69) is 29.8 Å². The molecule has 3 N–H and O–H groups in total. The zero-order valence-corrected chi connectivity index (χ0v) is 16.5. The molecule has 27 heavy (non-hydrogen) atoms. The molecule has 5 heteroatoms. The molecule has 0 aliphatic heterocycles. The van der Waals surface area contributed by atoms with E-state index in [0.717, 1.165) is 5.56 Å². The van der Waals surface area contributed by atoms with Crippen LogP contribution in [-0.2, 0) is 11.3 Å². The molecule has 0 aliphatic rings. The summed E-state index contributed by atoms with van der Waals surface area (Å²) in [5.41, 5.74) is 3.40. The van der Waals surface area contributed by atoms with Crippen LogP contribution in [0.25, 0.3) is 0 Å². The molecule has 0 saturated carbocycles. The highest BCUT2D eigenvalue weighted by Crippen LogP contribution is 2.15. The maximum Gasteiger partial charge on any atom is 0.253 e. The van der Waals surface area contributed by atoms with Crippen molar-refractivity contribution in [2.24, 2.45) is 5.92 Å². The van der Waals surface area contributed by atoms with Crippen LogP contribution >= 0.6 is 0 Å². The molecule has 0 aromatic heterocycles. The Kier molecular flexibility index (Phi) is 7.41. The fraction of sp³-hybridized carbons (Fsp3) is 0.364. The summed E-state index contributed by atoms with van der Waals surface area (Å²) in [5, 5.41) is 8.95. The summed E-state index contributed by atoms with van der Waals surface area (Å²) in [6.07, 6.45) is 0. The van der Waals surface area contributed by atoms with Crippen LogP contribution in [-0.4, -0.2) is 24.4 Å². The topological polar surface area (TPSA) is 70.2 Å².